The van der Waals surface area contributed by atoms with Crippen LogP contribution in [0, 0.1) is 18.3 Å². The Morgan fingerprint density at radius 2 is 1.79 bits per heavy atom. The molecule has 6 rings (SSSR count). The predicted octanol–water partition coefficient (Wildman–Crippen LogP) is 6.65. The molecule has 2 aliphatic carbocycles. The molecule has 2 fully saturated rings. The second-order valence-electron chi connectivity index (χ2n) is 10.7. The van der Waals surface area contributed by atoms with Crippen LogP contribution in [0.4, 0.5) is 24.9 Å². The summed E-state index contributed by atoms with van der Waals surface area (Å²) < 4.78 is 39.8. The molecule has 4 aromatic rings. The number of aryl methyl sites for hydroxylation is 1. The molecule has 2 heterocycles. The van der Waals surface area contributed by atoms with Gasteiger partial charge in [-0.25, -0.2) is 9.97 Å². The molecule has 3 N–H and O–H groups in total. The Labute approximate surface area is 222 Å². The van der Waals surface area contributed by atoms with Crippen LogP contribution in [-0.4, -0.2) is 31.7 Å². The molecule has 10 heteroatoms. The average molecular weight is 540 g/mol. The van der Waals surface area contributed by atoms with Crippen molar-refractivity contribution in [3.63, 3.8) is 0 Å². The van der Waals surface area contributed by atoms with E-state index in [1.165, 1.54) is 12.1 Å². The van der Waals surface area contributed by atoms with Crippen molar-refractivity contribution in [2.45, 2.75) is 58.0 Å². The number of aliphatic hydroxyl groups excluding tert-OH is 1. The Balaban J connectivity index is 1.35. The van der Waals surface area contributed by atoms with Gasteiger partial charge in [0.25, 0.3) is 0 Å². The van der Waals surface area contributed by atoms with Crippen LogP contribution < -0.4 is 10.6 Å². The van der Waals surface area contributed by atoms with Crippen LogP contribution >= 0.6 is 11.3 Å². The zero-order valence-corrected chi connectivity index (χ0v) is 22.0. The fraction of sp³-hybridized carbons (Fsp3) is 0.393. The topological polar surface area (TPSA) is 83.0 Å². The van der Waals surface area contributed by atoms with E-state index in [1.54, 1.807) is 11.3 Å². The standard InChI is InChI=1S/C28H28F3N5OS/c1-15-21(24-34-19-6-4-5-7-20(19)38-24)23(36-26(2)13-12-18-22(37)27(18,26)3)35-25(33-15)32-14-16-8-10-17(11-9-16)28(29,30)31/h4-11,18,22,37H,12-14H2,1-3H3,(H2,32,33,35,36). The van der Waals surface area contributed by atoms with E-state index >= 15 is 0 Å². The molecule has 2 saturated carbocycles. The Hall–Kier alpha value is -3.24. The van der Waals surface area contributed by atoms with Gasteiger partial charge >= 0.3 is 6.18 Å². The molecular formula is C28H28F3N5OS. The summed E-state index contributed by atoms with van der Waals surface area (Å²) in [6.07, 6.45) is -2.87. The normalized spacial score (nSPS) is 26.4. The molecule has 0 radical (unpaired) electrons. The highest BCUT2D eigenvalue weighted by Gasteiger charge is 2.73. The first-order chi connectivity index (χ1) is 18.0. The molecule has 198 valence electrons. The summed E-state index contributed by atoms with van der Waals surface area (Å²) in [6, 6.07) is 13.0. The van der Waals surface area contributed by atoms with Gasteiger partial charge in [-0.15, -0.1) is 11.3 Å². The maximum atomic E-state index is 12.9. The molecular weight excluding hydrogens is 511 g/mol. The number of thiazole rings is 1. The lowest BCUT2D eigenvalue weighted by Crippen LogP contribution is -2.43. The minimum Gasteiger partial charge on any atom is -0.392 e. The molecule has 0 bridgehead atoms. The first-order valence-electron chi connectivity index (χ1n) is 12.6. The zero-order chi connectivity index (χ0) is 26.9. The number of hydrogen-bond donors (Lipinski definition) is 3. The Morgan fingerprint density at radius 1 is 1.05 bits per heavy atom. The van der Waals surface area contributed by atoms with Gasteiger partial charge in [-0.2, -0.15) is 18.2 Å². The van der Waals surface area contributed by atoms with Crippen molar-refractivity contribution in [2.24, 2.45) is 11.3 Å². The molecule has 2 aromatic heterocycles. The highest BCUT2D eigenvalue weighted by Crippen LogP contribution is 2.68. The molecule has 4 unspecified atom stereocenters. The van der Waals surface area contributed by atoms with Crippen LogP contribution in [0.25, 0.3) is 20.8 Å². The minimum absolute atomic E-state index is 0.245. The number of hydrogen-bond acceptors (Lipinski definition) is 7. The maximum Gasteiger partial charge on any atom is 0.416 e. The summed E-state index contributed by atoms with van der Waals surface area (Å²) in [7, 11) is 0. The molecule has 2 aliphatic rings. The average Bonchev–Trinajstić information content (AvgIpc) is 3.14. The second-order valence-corrected chi connectivity index (χ2v) is 11.8. The number of benzene rings is 2. The van der Waals surface area contributed by atoms with Crippen LogP contribution in [0.5, 0.6) is 0 Å². The molecule has 0 spiro atoms. The summed E-state index contributed by atoms with van der Waals surface area (Å²) in [4.78, 5) is 14.4. The molecule has 2 aromatic carbocycles. The largest absolute Gasteiger partial charge is 0.416 e. The van der Waals surface area contributed by atoms with E-state index in [2.05, 4.69) is 29.5 Å². The SMILES string of the molecule is Cc1nc(NCc2ccc(C(F)(F)F)cc2)nc(NC2(C)CCC3C(O)C32C)c1-c1nc2ccccc2s1. The first kappa shape index (κ1) is 25.1. The molecule has 4 atom stereocenters. The van der Waals surface area contributed by atoms with E-state index in [9.17, 15) is 18.3 Å². The number of aliphatic hydroxyl groups is 1. The highest BCUT2D eigenvalue weighted by atomic mass is 32.1. The van der Waals surface area contributed by atoms with Gasteiger partial charge in [0.15, 0.2) is 0 Å². The summed E-state index contributed by atoms with van der Waals surface area (Å²) in [5.74, 6) is 1.27. The molecule has 0 aliphatic heterocycles. The lowest BCUT2D eigenvalue weighted by molar-refractivity contribution is -0.137. The number of para-hydroxylation sites is 1. The number of fused-ring (bicyclic) bond motifs is 2. The van der Waals surface area contributed by atoms with Crippen molar-refractivity contribution in [3.05, 3.63) is 65.4 Å². The van der Waals surface area contributed by atoms with E-state index < -0.39 is 11.7 Å². The Bertz CT molecular complexity index is 1490. The zero-order valence-electron chi connectivity index (χ0n) is 21.2. The Morgan fingerprint density at radius 3 is 2.45 bits per heavy atom. The van der Waals surface area contributed by atoms with Crippen LogP contribution in [0.15, 0.2) is 48.5 Å². The van der Waals surface area contributed by atoms with E-state index in [4.69, 9.17) is 9.97 Å². The molecule has 6 nitrogen and oxygen atoms in total. The summed E-state index contributed by atoms with van der Waals surface area (Å²) in [5.41, 5.74) is 1.84. The van der Waals surface area contributed by atoms with E-state index in [1.807, 2.05) is 31.2 Å². The number of rotatable bonds is 6. The number of halogens is 3. The highest BCUT2D eigenvalue weighted by molar-refractivity contribution is 7.21. The van der Waals surface area contributed by atoms with Gasteiger partial charge in [-0.1, -0.05) is 31.2 Å². The quantitative estimate of drug-likeness (QED) is 0.254. The third-order valence-electron chi connectivity index (χ3n) is 8.52. The fourth-order valence-corrected chi connectivity index (χ4v) is 6.98. The monoisotopic (exact) mass is 539 g/mol. The third kappa shape index (κ3) is 4.01. The van der Waals surface area contributed by atoms with Crippen molar-refractivity contribution < 1.29 is 18.3 Å². The predicted molar refractivity (Wildman–Crippen MR) is 143 cm³/mol. The van der Waals surface area contributed by atoms with Gasteiger partial charge in [0.05, 0.1) is 33.1 Å². The number of anilines is 2. The van der Waals surface area contributed by atoms with Crippen LogP contribution in [0.3, 0.4) is 0 Å². The molecule has 0 saturated heterocycles. The van der Waals surface area contributed by atoms with Crippen LogP contribution in [0.1, 0.15) is 43.5 Å². The van der Waals surface area contributed by atoms with Gasteiger partial charge in [0.1, 0.15) is 10.8 Å². The lowest BCUT2D eigenvalue weighted by atomic mass is 9.84. The third-order valence-corrected chi connectivity index (χ3v) is 9.58. The summed E-state index contributed by atoms with van der Waals surface area (Å²) in [5, 5.41) is 18.3. The van der Waals surface area contributed by atoms with Crippen molar-refractivity contribution in [1.29, 1.82) is 0 Å². The van der Waals surface area contributed by atoms with Gasteiger partial charge < -0.3 is 15.7 Å². The smallest absolute Gasteiger partial charge is 0.392 e. The Kier molecular flexibility index (Phi) is 5.70. The van der Waals surface area contributed by atoms with E-state index in [0.717, 1.165) is 51.5 Å². The minimum atomic E-state index is -4.37. The van der Waals surface area contributed by atoms with Gasteiger partial charge in [0, 0.05) is 17.5 Å². The second kappa shape index (κ2) is 8.64. The van der Waals surface area contributed by atoms with Crippen molar-refractivity contribution >= 4 is 33.3 Å². The molecule has 0 amide bonds. The number of alkyl halides is 3. The number of nitrogens with zero attached hydrogens (tertiary/aromatic N) is 3. The van der Waals surface area contributed by atoms with Crippen molar-refractivity contribution in [2.75, 3.05) is 10.6 Å². The van der Waals surface area contributed by atoms with E-state index in [-0.39, 0.29) is 29.5 Å². The van der Waals surface area contributed by atoms with Crippen molar-refractivity contribution in [3.8, 4) is 10.6 Å². The number of aromatic nitrogens is 3. The summed E-state index contributed by atoms with van der Waals surface area (Å²) >= 11 is 1.57. The molecule has 38 heavy (non-hydrogen) atoms. The van der Waals surface area contributed by atoms with E-state index in [0.29, 0.717) is 17.3 Å². The van der Waals surface area contributed by atoms with Crippen molar-refractivity contribution in [1.82, 2.24) is 15.0 Å². The van der Waals surface area contributed by atoms with Gasteiger partial charge in [-0.05, 0) is 62.4 Å². The van der Waals surface area contributed by atoms with Crippen LogP contribution in [-0.2, 0) is 12.7 Å². The lowest BCUT2D eigenvalue weighted by Gasteiger charge is -2.36. The summed E-state index contributed by atoms with van der Waals surface area (Å²) in [6.45, 7) is 6.44. The fourth-order valence-electron chi connectivity index (χ4n) is 5.91. The van der Waals surface area contributed by atoms with Gasteiger partial charge in [0.2, 0.25) is 5.95 Å². The first-order valence-corrected chi connectivity index (χ1v) is 13.4. The van der Waals surface area contributed by atoms with Crippen LogP contribution in [0.2, 0.25) is 0 Å². The maximum absolute atomic E-state index is 12.9. The number of nitrogens with one attached hydrogen (secondary N) is 2. The van der Waals surface area contributed by atoms with Gasteiger partial charge in [-0.3, -0.25) is 0 Å².